The van der Waals surface area contributed by atoms with Gasteiger partial charge in [0.1, 0.15) is 5.02 Å². The summed E-state index contributed by atoms with van der Waals surface area (Å²) in [6.45, 7) is 6.32. The second-order valence-corrected chi connectivity index (χ2v) is 4.62. The number of benzene rings is 1. The zero-order chi connectivity index (χ0) is 14.6. The van der Waals surface area contributed by atoms with Crippen molar-refractivity contribution in [1.29, 1.82) is 0 Å². The van der Waals surface area contributed by atoms with Gasteiger partial charge in [-0.05, 0) is 26.3 Å². The molecule has 0 heterocycles. The average Bonchev–Trinajstić information content (AvgIpc) is 2.38. The Hall–Kier alpha value is -1.62. The molecular weight excluding hydrogens is 268 g/mol. The molecule has 1 unspecified atom stereocenters. The van der Waals surface area contributed by atoms with E-state index in [1.54, 1.807) is 4.90 Å². The highest BCUT2D eigenvalue weighted by atomic mass is 35.5. The van der Waals surface area contributed by atoms with Crippen molar-refractivity contribution < 1.29 is 9.72 Å². The van der Waals surface area contributed by atoms with Gasteiger partial charge in [-0.15, -0.1) is 0 Å². The maximum Gasteiger partial charge on any atom is 0.288 e. The molecule has 1 aromatic rings. The van der Waals surface area contributed by atoms with Crippen LogP contribution in [0.15, 0.2) is 18.2 Å². The fourth-order valence-corrected chi connectivity index (χ4v) is 2.13. The molecule has 1 atom stereocenters. The third kappa shape index (κ3) is 3.23. The van der Waals surface area contributed by atoms with Crippen molar-refractivity contribution in [3.8, 4) is 0 Å². The van der Waals surface area contributed by atoms with Crippen LogP contribution in [0.25, 0.3) is 0 Å². The minimum Gasteiger partial charge on any atom is -0.336 e. The summed E-state index contributed by atoms with van der Waals surface area (Å²) in [5.74, 6) is -0.273. The molecule has 0 saturated carbocycles. The van der Waals surface area contributed by atoms with E-state index in [2.05, 4.69) is 0 Å². The topological polar surface area (TPSA) is 63.5 Å². The van der Waals surface area contributed by atoms with Gasteiger partial charge in [0.05, 0.1) is 10.5 Å². The van der Waals surface area contributed by atoms with E-state index >= 15 is 0 Å². The summed E-state index contributed by atoms with van der Waals surface area (Å²) >= 11 is 5.96. The first-order valence-electron chi connectivity index (χ1n) is 6.17. The first-order chi connectivity index (χ1) is 8.93. The number of nitro benzene ring substituents is 1. The zero-order valence-electron chi connectivity index (χ0n) is 11.2. The maximum atomic E-state index is 12.4. The molecular formula is C13H17ClN2O3. The Balaban J connectivity index is 3.19. The number of amides is 1. The lowest BCUT2D eigenvalue weighted by atomic mass is 10.1. The Morgan fingerprint density at radius 1 is 1.47 bits per heavy atom. The Morgan fingerprint density at radius 2 is 2.11 bits per heavy atom. The monoisotopic (exact) mass is 284 g/mol. The minimum absolute atomic E-state index is 0.0628. The Bertz CT molecular complexity index is 491. The van der Waals surface area contributed by atoms with E-state index in [0.29, 0.717) is 6.54 Å². The van der Waals surface area contributed by atoms with Crippen LogP contribution in [0, 0.1) is 10.1 Å². The molecule has 5 nitrogen and oxygen atoms in total. The third-order valence-electron chi connectivity index (χ3n) is 3.13. The molecule has 0 aliphatic rings. The Labute approximate surface area is 117 Å². The average molecular weight is 285 g/mol. The van der Waals surface area contributed by atoms with Crippen LogP contribution in [-0.2, 0) is 0 Å². The van der Waals surface area contributed by atoms with Gasteiger partial charge in [0.2, 0.25) is 0 Å². The third-order valence-corrected chi connectivity index (χ3v) is 3.53. The van der Waals surface area contributed by atoms with Crippen LogP contribution in [0.5, 0.6) is 0 Å². The molecule has 1 aromatic carbocycles. The van der Waals surface area contributed by atoms with Crippen molar-refractivity contribution in [3.63, 3.8) is 0 Å². The molecule has 0 aliphatic carbocycles. The first kappa shape index (κ1) is 15.4. The molecule has 19 heavy (non-hydrogen) atoms. The van der Waals surface area contributed by atoms with Gasteiger partial charge >= 0.3 is 0 Å². The van der Waals surface area contributed by atoms with Crippen molar-refractivity contribution in [3.05, 3.63) is 38.9 Å². The zero-order valence-corrected chi connectivity index (χ0v) is 12.0. The van der Waals surface area contributed by atoms with E-state index in [1.807, 2.05) is 20.8 Å². The van der Waals surface area contributed by atoms with Crippen molar-refractivity contribution in [2.45, 2.75) is 33.2 Å². The lowest BCUT2D eigenvalue weighted by Gasteiger charge is -2.27. The number of hydrogen-bond acceptors (Lipinski definition) is 3. The van der Waals surface area contributed by atoms with Crippen molar-refractivity contribution >= 4 is 23.2 Å². The van der Waals surface area contributed by atoms with E-state index in [1.165, 1.54) is 18.2 Å². The van der Waals surface area contributed by atoms with Crippen LogP contribution in [0.2, 0.25) is 5.02 Å². The van der Waals surface area contributed by atoms with E-state index in [9.17, 15) is 14.9 Å². The highest BCUT2D eigenvalue weighted by molar-refractivity contribution is 6.35. The number of hydrogen-bond donors (Lipinski definition) is 0. The van der Waals surface area contributed by atoms with Gasteiger partial charge in [-0.25, -0.2) is 0 Å². The normalized spacial score (nSPS) is 12.0. The van der Waals surface area contributed by atoms with Crippen molar-refractivity contribution in [2.24, 2.45) is 0 Å². The molecule has 0 aromatic heterocycles. The minimum atomic E-state index is -0.585. The summed E-state index contributed by atoms with van der Waals surface area (Å²) < 4.78 is 0. The second-order valence-electron chi connectivity index (χ2n) is 4.24. The van der Waals surface area contributed by atoms with Gasteiger partial charge in [-0.2, -0.15) is 0 Å². The number of carbonyl (C=O) groups is 1. The lowest BCUT2D eigenvalue weighted by Crippen LogP contribution is -2.38. The molecule has 6 heteroatoms. The van der Waals surface area contributed by atoms with Crippen LogP contribution < -0.4 is 0 Å². The summed E-state index contributed by atoms with van der Waals surface area (Å²) in [7, 11) is 0. The summed E-state index contributed by atoms with van der Waals surface area (Å²) in [4.78, 5) is 24.3. The predicted octanol–water partition coefficient (Wildman–Crippen LogP) is 3.51. The summed E-state index contributed by atoms with van der Waals surface area (Å²) in [5, 5.41) is 10.7. The number of nitro groups is 1. The number of carbonyl (C=O) groups excluding carboxylic acids is 1. The van der Waals surface area contributed by atoms with Crippen LogP contribution in [0.3, 0.4) is 0 Å². The van der Waals surface area contributed by atoms with Crippen LogP contribution in [0.1, 0.15) is 37.6 Å². The maximum absolute atomic E-state index is 12.4. The Kier molecular flexibility index (Phi) is 5.30. The molecule has 0 N–H and O–H groups in total. The summed E-state index contributed by atoms with van der Waals surface area (Å²) in [6.07, 6.45) is 0.812. The van der Waals surface area contributed by atoms with Crippen molar-refractivity contribution in [1.82, 2.24) is 4.90 Å². The van der Waals surface area contributed by atoms with E-state index in [4.69, 9.17) is 11.6 Å². The quantitative estimate of drug-likeness (QED) is 0.614. The van der Waals surface area contributed by atoms with Crippen LogP contribution in [-0.4, -0.2) is 28.3 Å². The predicted molar refractivity (Wildman–Crippen MR) is 74.6 cm³/mol. The number of halogens is 1. The van der Waals surface area contributed by atoms with E-state index in [0.717, 1.165) is 6.42 Å². The molecule has 0 spiro atoms. The standard InChI is InChI=1S/C13H17ClN2O3/c1-4-9(3)15(5-2)13(17)10-7-6-8-11(12(10)14)16(18)19/h6-9H,4-5H2,1-3H3. The van der Waals surface area contributed by atoms with Gasteiger partial charge in [0.25, 0.3) is 11.6 Å². The molecule has 1 amide bonds. The highest BCUT2D eigenvalue weighted by Gasteiger charge is 2.25. The fourth-order valence-electron chi connectivity index (χ4n) is 1.86. The largest absolute Gasteiger partial charge is 0.336 e. The van der Waals surface area contributed by atoms with Gasteiger partial charge < -0.3 is 4.90 Å². The first-order valence-corrected chi connectivity index (χ1v) is 6.55. The van der Waals surface area contributed by atoms with E-state index in [-0.39, 0.29) is 28.2 Å². The van der Waals surface area contributed by atoms with Gasteiger partial charge in [-0.1, -0.05) is 24.6 Å². The van der Waals surface area contributed by atoms with Gasteiger partial charge in [0.15, 0.2) is 0 Å². The van der Waals surface area contributed by atoms with Gasteiger partial charge in [-0.3, -0.25) is 14.9 Å². The van der Waals surface area contributed by atoms with Gasteiger partial charge in [0, 0.05) is 18.7 Å². The summed E-state index contributed by atoms with van der Waals surface area (Å²) in [6, 6.07) is 4.34. The fraction of sp³-hybridized carbons (Fsp3) is 0.462. The van der Waals surface area contributed by atoms with Crippen molar-refractivity contribution in [2.75, 3.05) is 6.54 Å². The molecule has 0 saturated heterocycles. The summed E-state index contributed by atoms with van der Waals surface area (Å²) in [5.41, 5.74) is -0.0641. The van der Waals surface area contributed by atoms with E-state index < -0.39 is 4.92 Å². The smallest absolute Gasteiger partial charge is 0.288 e. The molecule has 0 fully saturated rings. The molecule has 0 aliphatic heterocycles. The molecule has 0 radical (unpaired) electrons. The number of nitrogens with zero attached hydrogens (tertiary/aromatic N) is 2. The number of rotatable bonds is 5. The lowest BCUT2D eigenvalue weighted by molar-refractivity contribution is -0.384. The van der Waals surface area contributed by atoms with Crippen LogP contribution >= 0.6 is 11.6 Å². The van der Waals surface area contributed by atoms with Crippen LogP contribution in [0.4, 0.5) is 5.69 Å². The molecule has 104 valence electrons. The SMILES string of the molecule is CCC(C)N(CC)C(=O)c1cccc([N+](=O)[O-])c1Cl. The molecule has 1 rings (SSSR count). The highest BCUT2D eigenvalue weighted by Crippen LogP contribution is 2.29. The Morgan fingerprint density at radius 3 is 2.58 bits per heavy atom. The second kappa shape index (κ2) is 6.52. The molecule has 0 bridgehead atoms.